The van der Waals surface area contributed by atoms with E-state index in [0.29, 0.717) is 17.5 Å². The number of nitrogens with zero attached hydrogens (tertiary/aromatic N) is 5. The Hall–Kier alpha value is -8.54. The quantitative estimate of drug-likeness (QED) is 0.153. The van der Waals surface area contributed by atoms with Crippen molar-refractivity contribution >= 4 is 11.0 Å². The van der Waals surface area contributed by atoms with Crippen molar-refractivity contribution in [3.63, 3.8) is 0 Å². The Balaban J connectivity index is 0.971. The molecule has 0 atom stereocenters. The second-order valence-electron chi connectivity index (χ2n) is 17.5. The molecule has 2 aromatic heterocycles. The fourth-order valence-electron chi connectivity index (χ4n) is 9.68. The SMILES string of the molecule is CC1(C)c2ccc(-c3cccc(-c4nc5ccccc5n4-c4ccccc4)c3)cc2-c2cc(-c3nc(-c4cccc(-c5ccccc5)c4)nc(-c4cccc(-c5ccccc5)c4)n3)ccc21. The molecule has 0 unspecified atom stereocenters. The Bertz CT molecular complexity index is 3510. The van der Waals surface area contributed by atoms with Gasteiger partial charge in [-0.15, -0.1) is 0 Å². The van der Waals surface area contributed by atoms with E-state index in [2.05, 4.69) is 231 Å². The lowest BCUT2D eigenvalue weighted by atomic mass is 9.82. The number of para-hydroxylation sites is 3. The van der Waals surface area contributed by atoms with Crippen molar-refractivity contribution in [2.24, 2.45) is 0 Å². The molecule has 5 heteroatoms. The normalized spacial score (nSPS) is 12.5. The lowest BCUT2D eigenvalue weighted by Crippen LogP contribution is -2.14. The van der Waals surface area contributed by atoms with Gasteiger partial charge in [-0.3, -0.25) is 4.57 Å². The number of rotatable bonds is 8. The summed E-state index contributed by atoms with van der Waals surface area (Å²) < 4.78 is 2.26. The molecule has 0 saturated carbocycles. The second kappa shape index (κ2) is 15.9. The maximum Gasteiger partial charge on any atom is 0.164 e. The van der Waals surface area contributed by atoms with Crippen LogP contribution in [0.25, 0.3) is 107 Å². The summed E-state index contributed by atoms with van der Waals surface area (Å²) in [6.07, 6.45) is 0. The molecule has 2 heterocycles. The molecule has 0 bridgehead atoms. The average molecular weight is 846 g/mol. The third-order valence-electron chi connectivity index (χ3n) is 13.1. The minimum Gasteiger partial charge on any atom is -0.292 e. The summed E-state index contributed by atoms with van der Waals surface area (Å²) in [6, 6.07) is 79.1. The largest absolute Gasteiger partial charge is 0.292 e. The van der Waals surface area contributed by atoms with E-state index >= 15 is 0 Å². The summed E-state index contributed by atoms with van der Waals surface area (Å²) in [4.78, 5) is 20.9. The molecule has 1 aliphatic rings. The van der Waals surface area contributed by atoms with Gasteiger partial charge in [-0.1, -0.05) is 184 Å². The van der Waals surface area contributed by atoms with Gasteiger partial charge in [-0.05, 0) is 110 Å². The van der Waals surface area contributed by atoms with Crippen molar-refractivity contribution in [3.8, 4) is 95.7 Å². The van der Waals surface area contributed by atoms with Crippen molar-refractivity contribution in [3.05, 3.63) is 236 Å². The van der Waals surface area contributed by atoms with E-state index in [9.17, 15) is 0 Å². The Morgan fingerprint density at radius 3 is 1.29 bits per heavy atom. The molecule has 1 aliphatic carbocycles. The number of benzene rings is 9. The van der Waals surface area contributed by atoms with Crippen molar-refractivity contribution in [1.29, 1.82) is 0 Å². The molecule has 9 aromatic carbocycles. The molecular formula is C61H43N5. The molecule has 0 fully saturated rings. The van der Waals surface area contributed by atoms with Gasteiger partial charge in [0.25, 0.3) is 0 Å². The Morgan fingerprint density at radius 1 is 0.318 bits per heavy atom. The van der Waals surface area contributed by atoms with Crippen LogP contribution in [0, 0.1) is 0 Å². The van der Waals surface area contributed by atoms with Crippen molar-refractivity contribution in [2.45, 2.75) is 19.3 Å². The van der Waals surface area contributed by atoms with E-state index in [1.807, 2.05) is 12.1 Å². The zero-order valence-electron chi connectivity index (χ0n) is 36.6. The Labute approximate surface area is 384 Å². The van der Waals surface area contributed by atoms with Crippen LogP contribution in [0.4, 0.5) is 0 Å². The standard InChI is InChI=1S/C61H43N5/c1-61(2)53-33-31-45(44-23-16-26-49(37-44)60-62-55-29-12-13-30-56(55)66(60)50-27-10-5-11-28-50)38-51(53)52-39-48(32-34-54(52)61)59-64-57(46-24-14-21-42(35-46)40-17-6-3-7-18-40)63-58(65-59)47-25-15-22-43(36-47)41-19-8-4-9-20-41/h3-39H,1-2H3. The van der Waals surface area contributed by atoms with Crippen LogP contribution in [0.15, 0.2) is 224 Å². The minimum absolute atomic E-state index is 0.199. The molecule has 0 N–H and O–H groups in total. The van der Waals surface area contributed by atoms with Crippen LogP contribution in [-0.4, -0.2) is 24.5 Å². The highest BCUT2D eigenvalue weighted by Gasteiger charge is 2.36. The second-order valence-corrected chi connectivity index (χ2v) is 17.5. The lowest BCUT2D eigenvalue weighted by Gasteiger charge is -2.21. The first-order valence-electron chi connectivity index (χ1n) is 22.5. The van der Waals surface area contributed by atoms with E-state index in [1.54, 1.807) is 0 Å². The third kappa shape index (κ3) is 6.89. The molecule has 0 radical (unpaired) electrons. The van der Waals surface area contributed by atoms with Crippen molar-refractivity contribution in [2.75, 3.05) is 0 Å². The maximum absolute atomic E-state index is 5.25. The van der Waals surface area contributed by atoms with Gasteiger partial charge in [0, 0.05) is 33.4 Å². The van der Waals surface area contributed by atoms with Gasteiger partial charge >= 0.3 is 0 Å². The number of imidazole rings is 1. The smallest absolute Gasteiger partial charge is 0.164 e. The number of aromatic nitrogens is 5. The molecule has 5 nitrogen and oxygen atoms in total. The van der Waals surface area contributed by atoms with E-state index in [0.717, 1.165) is 78.2 Å². The van der Waals surface area contributed by atoms with Crippen LogP contribution in [0.2, 0.25) is 0 Å². The third-order valence-corrected chi connectivity index (χ3v) is 13.1. The molecule has 66 heavy (non-hydrogen) atoms. The molecule has 11 aromatic rings. The van der Waals surface area contributed by atoms with Gasteiger partial charge in [0.15, 0.2) is 17.5 Å². The summed E-state index contributed by atoms with van der Waals surface area (Å²) in [5.74, 6) is 2.80. The van der Waals surface area contributed by atoms with E-state index in [-0.39, 0.29) is 5.41 Å². The summed E-state index contributed by atoms with van der Waals surface area (Å²) in [5.41, 5.74) is 18.5. The predicted octanol–water partition coefficient (Wildman–Crippen LogP) is 15.2. The zero-order valence-corrected chi connectivity index (χ0v) is 36.6. The Kier molecular flexibility index (Phi) is 9.42. The lowest BCUT2D eigenvalue weighted by molar-refractivity contribution is 0.660. The first-order chi connectivity index (χ1) is 32.4. The molecule has 0 aliphatic heterocycles. The van der Waals surface area contributed by atoms with Crippen molar-refractivity contribution < 1.29 is 0 Å². The van der Waals surface area contributed by atoms with Crippen LogP contribution in [0.3, 0.4) is 0 Å². The van der Waals surface area contributed by atoms with E-state index in [4.69, 9.17) is 19.9 Å². The van der Waals surface area contributed by atoms with Crippen LogP contribution in [0.5, 0.6) is 0 Å². The van der Waals surface area contributed by atoms with Crippen LogP contribution in [0.1, 0.15) is 25.0 Å². The topological polar surface area (TPSA) is 56.5 Å². The fourth-order valence-corrected chi connectivity index (χ4v) is 9.68. The van der Waals surface area contributed by atoms with Gasteiger partial charge < -0.3 is 0 Å². The Morgan fingerprint density at radius 2 is 0.712 bits per heavy atom. The minimum atomic E-state index is -0.199. The molecule has 12 rings (SSSR count). The van der Waals surface area contributed by atoms with Gasteiger partial charge in [-0.2, -0.15) is 0 Å². The average Bonchev–Trinajstić information content (AvgIpc) is 3.89. The summed E-state index contributed by atoms with van der Waals surface area (Å²) >= 11 is 0. The number of hydrogen-bond donors (Lipinski definition) is 0. The monoisotopic (exact) mass is 845 g/mol. The number of hydrogen-bond acceptors (Lipinski definition) is 4. The summed E-state index contributed by atoms with van der Waals surface area (Å²) in [7, 11) is 0. The highest BCUT2D eigenvalue weighted by atomic mass is 15.1. The van der Waals surface area contributed by atoms with Gasteiger partial charge in [0.05, 0.1) is 11.0 Å². The van der Waals surface area contributed by atoms with Gasteiger partial charge in [0.1, 0.15) is 5.82 Å². The summed E-state index contributed by atoms with van der Waals surface area (Å²) in [5, 5.41) is 0. The van der Waals surface area contributed by atoms with Crippen LogP contribution in [-0.2, 0) is 5.41 Å². The molecule has 312 valence electrons. The summed E-state index contributed by atoms with van der Waals surface area (Å²) in [6.45, 7) is 4.65. The van der Waals surface area contributed by atoms with Gasteiger partial charge in [-0.25, -0.2) is 19.9 Å². The maximum atomic E-state index is 5.25. The molecule has 0 spiro atoms. The van der Waals surface area contributed by atoms with E-state index < -0.39 is 0 Å². The highest BCUT2D eigenvalue weighted by molar-refractivity contribution is 5.89. The molecule has 0 amide bonds. The van der Waals surface area contributed by atoms with E-state index in [1.165, 1.54) is 22.3 Å². The first kappa shape index (κ1) is 39.1. The predicted molar refractivity (Wildman–Crippen MR) is 270 cm³/mol. The zero-order chi connectivity index (χ0) is 44.2. The molecular weight excluding hydrogens is 803 g/mol. The molecule has 0 saturated heterocycles. The van der Waals surface area contributed by atoms with Crippen LogP contribution < -0.4 is 0 Å². The van der Waals surface area contributed by atoms with Gasteiger partial charge in [0.2, 0.25) is 0 Å². The fraction of sp³-hybridized carbons (Fsp3) is 0.0492. The van der Waals surface area contributed by atoms with Crippen LogP contribution >= 0.6 is 0 Å². The number of fused-ring (bicyclic) bond motifs is 4. The first-order valence-corrected chi connectivity index (χ1v) is 22.5. The highest BCUT2D eigenvalue weighted by Crippen LogP contribution is 2.51. The van der Waals surface area contributed by atoms with Crippen molar-refractivity contribution in [1.82, 2.24) is 24.5 Å².